The number of nitrogens with one attached hydrogen (secondary N) is 1. The lowest BCUT2D eigenvalue weighted by Gasteiger charge is -2.11. The van der Waals surface area contributed by atoms with Crippen LogP contribution in [0.4, 0.5) is 10.2 Å². The second-order valence-electron chi connectivity index (χ2n) is 4.06. The normalized spacial score (nSPS) is 12.2. The molecule has 19 heavy (non-hydrogen) atoms. The van der Waals surface area contributed by atoms with Gasteiger partial charge in [-0.15, -0.1) is 0 Å². The Morgan fingerprint density at radius 2 is 2.26 bits per heavy atom. The molecule has 0 radical (unpaired) electrons. The summed E-state index contributed by atoms with van der Waals surface area (Å²) in [5.41, 5.74) is 5.14. The molecular formula is C12H13FN4O2. The molecule has 0 aromatic carbocycles. The minimum Gasteiger partial charge on any atom is -0.444 e. The fourth-order valence-electron chi connectivity index (χ4n) is 1.54. The van der Waals surface area contributed by atoms with Crippen LogP contribution >= 0.6 is 0 Å². The molecule has 1 amide bonds. The lowest BCUT2D eigenvalue weighted by Crippen LogP contribution is -2.28. The second kappa shape index (κ2) is 5.05. The number of nitrogens with two attached hydrogens (primary N) is 1. The zero-order chi connectivity index (χ0) is 14.0. The van der Waals surface area contributed by atoms with E-state index in [-0.39, 0.29) is 11.4 Å². The first kappa shape index (κ1) is 13.0. The van der Waals surface area contributed by atoms with Crippen molar-refractivity contribution in [1.29, 1.82) is 0 Å². The molecule has 2 aromatic heterocycles. The molecule has 0 saturated heterocycles. The van der Waals surface area contributed by atoms with Crippen LogP contribution in [-0.2, 0) is 0 Å². The average Bonchev–Trinajstić information content (AvgIpc) is 2.79. The Balaban J connectivity index is 2.15. The molecular weight excluding hydrogens is 251 g/mol. The van der Waals surface area contributed by atoms with Gasteiger partial charge in [0.25, 0.3) is 5.91 Å². The third-order valence-electron chi connectivity index (χ3n) is 2.52. The van der Waals surface area contributed by atoms with Gasteiger partial charge in [0.2, 0.25) is 5.89 Å². The van der Waals surface area contributed by atoms with Gasteiger partial charge in [-0.05, 0) is 19.9 Å². The van der Waals surface area contributed by atoms with E-state index in [1.54, 1.807) is 20.0 Å². The molecule has 0 aliphatic heterocycles. The highest BCUT2D eigenvalue weighted by Gasteiger charge is 2.19. The van der Waals surface area contributed by atoms with Crippen LogP contribution in [0.25, 0.3) is 0 Å². The summed E-state index contributed by atoms with van der Waals surface area (Å²) >= 11 is 0. The molecule has 3 N–H and O–H groups in total. The van der Waals surface area contributed by atoms with Gasteiger partial charge in [0.15, 0.2) is 11.6 Å². The summed E-state index contributed by atoms with van der Waals surface area (Å²) in [5, 5.41) is 2.58. The number of nitrogens with zero attached hydrogens (tertiary/aromatic N) is 2. The maximum atomic E-state index is 13.6. The summed E-state index contributed by atoms with van der Waals surface area (Å²) in [7, 11) is 0. The number of pyridine rings is 1. The van der Waals surface area contributed by atoms with Crippen molar-refractivity contribution < 1.29 is 13.6 Å². The van der Waals surface area contributed by atoms with E-state index in [1.165, 1.54) is 12.3 Å². The monoisotopic (exact) mass is 264 g/mol. The topological polar surface area (TPSA) is 94.0 Å². The fourth-order valence-corrected chi connectivity index (χ4v) is 1.54. The minimum absolute atomic E-state index is 0.164. The largest absolute Gasteiger partial charge is 0.444 e. The number of hydrogen-bond acceptors (Lipinski definition) is 5. The molecule has 2 heterocycles. The van der Waals surface area contributed by atoms with E-state index >= 15 is 0 Å². The highest BCUT2D eigenvalue weighted by atomic mass is 19.1. The Bertz CT molecular complexity index is 612. The molecule has 0 fully saturated rings. The number of carbonyl (C=O) groups is 1. The smallest absolute Gasteiger partial charge is 0.255 e. The van der Waals surface area contributed by atoms with E-state index in [4.69, 9.17) is 10.2 Å². The molecule has 0 bridgehead atoms. The molecule has 100 valence electrons. The Labute approximate surface area is 108 Å². The van der Waals surface area contributed by atoms with Crippen molar-refractivity contribution in [2.75, 3.05) is 5.73 Å². The summed E-state index contributed by atoms with van der Waals surface area (Å²) in [6.45, 7) is 3.43. The Morgan fingerprint density at radius 1 is 1.53 bits per heavy atom. The summed E-state index contributed by atoms with van der Waals surface area (Å²) in [5.74, 6) is -0.762. The van der Waals surface area contributed by atoms with Gasteiger partial charge in [0.1, 0.15) is 11.8 Å². The minimum atomic E-state index is -0.837. The maximum absolute atomic E-state index is 13.6. The van der Waals surface area contributed by atoms with Gasteiger partial charge in [0.05, 0.1) is 11.8 Å². The predicted molar refractivity (Wildman–Crippen MR) is 65.7 cm³/mol. The number of hydrogen-bond donors (Lipinski definition) is 2. The lowest BCUT2D eigenvalue weighted by atomic mass is 10.2. The predicted octanol–water partition coefficient (Wildman–Crippen LogP) is 1.59. The number of aryl methyl sites for hydroxylation is 1. The number of aromatic nitrogens is 2. The SMILES string of the molecule is Cc1cnc(C(C)NC(=O)c2ccnc(N)c2F)o1. The fraction of sp³-hybridized carbons (Fsp3) is 0.250. The van der Waals surface area contributed by atoms with Gasteiger partial charge in [-0.25, -0.2) is 14.4 Å². The first-order valence-corrected chi connectivity index (χ1v) is 5.62. The highest BCUT2D eigenvalue weighted by molar-refractivity contribution is 5.95. The van der Waals surface area contributed by atoms with Gasteiger partial charge < -0.3 is 15.5 Å². The molecule has 2 aromatic rings. The third-order valence-corrected chi connectivity index (χ3v) is 2.52. The average molecular weight is 264 g/mol. The van der Waals surface area contributed by atoms with E-state index in [1.807, 2.05) is 0 Å². The molecule has 0 aliphatic carbocycles. The summed E-state index contributed by atoms with van der Waals surface area (Å²) in [4.78, 5) is 19.4. The van der Waals surface area contributed by atoms with Crippen molar-refractivity contribution in [3.63, 3.8) is 0 Å². The second-order valence-corrected chi connectivity index (χ2v) is 4.06. The summed E-state index contributed by atoms with van der Waals surface area (Å²) in [6.07, 6.45) is 2.82. The van der Waals surface area contributed by atoms with Crippen LogP contribution in [-0.4, -0.2) is 15.9 Å². The Kier molecular flexibility index (Phi) is 3.46. The molecule has 1 atom stereocenters. The van der Waals surface area contributed by atoms with Crippen LogP contribution in [0.5, 0.6) is 0 Å². The number of oxazole rings is 1. The van der Waals surface area contributed by atoms with Crippen LogP contribution < -0.4 is 11.1 Å². The zero-order valence-electron chi connectivity index (χ0n) is 10.5. The Morgan fingerprint density at radius 3 is 2.89 bits per heavy atom. The number of anilines is 1. The molecule has 0 saturated carbocycles. The van der Waals surface area contributed by atoms with Gasteiger partial charge in [0, 0.05) is 6.20 Å². The number of halogens is 1. The summed E-state index contributed by atoms with van der Waals surface area (Å²) < 4.78 is 18.9. The summed E-state index contributed by atoms with van der Waals surface area (Å²) in [6, 6.07) is 0.782. The van der Waals surface area contributed by atoms with E-state index in [2.05, 4.69) is 15.3 Å². The number of rotatable bonds is 3. The van der Waals surface area contributed by atoms with Crippen LogP contribution in [0, 0.1) is 12.7 Å². The van der Waals surface area contributed by atoms with Crippen molar-refractivity contribution in [2.24, 2.45) is 0 Å². The van der Waals surface area contributed by atoms with Gasteiger partial charge in [-0.1, -0.05) is 0 Å². The zero-order valence-corrected chi connectivity index (χ0v) is 10.5. The van der Waals surface area contributed by atoms with Crippen LogP contribution in [0.3, 0.4) is 0 Å². The number of carbonyl (C=O) groups excluding carboxylic acids is 1. The van der Waals surface area contributed by atoms with Gasteiger partial charge >= 0.3 is 0 Å². The molecule has 0 aliphatic rings. The van der Waals surface area contributed by atoms with Crippen LogP contribution in [0.1, 0.15) is 35.0 Å². The quantitative estimate of drug-likeness (QED) is 0.877. The van der Waals surface area contributed by atoms with Crippen molar-refractivity contribution >= 4 is 11.7 Å². The van der Waals surface area contributed by atoms with Crippen molar-refractivity contribution in [3.05, 3.63) is 41.5 Å². The molecule has 0 spiro atoms. The van der Waals surface area contributed by atoms with E-state index < -0.39 is 17.8 Å². The Hall–Kier alpha value is -2.44. The first-order valence-electron chi connectivity index (χ1n) is 5.62. The number of amides is 1. The molecule has 1 unspecified atom stereocenters. The first-order chi connectivity index (χ1) is 8.99. The number of nitrogen functional groups attached to an aromatic ring is 1. The van der Waals surface area contributed by atoms with Gasteiger partial charge in [-0.2, -0.15) is 0 Å². The van der Waals surface area contributed by atoms with Gasteiger partial charge in [-0.3, -0.25) is 4.79 Å². The van der Waals surface area contributed by atoms with Crippen molar-refractivity contribution in [1.82, 2.24) is 15.3 Å². The molecule has 2 rings (SSSR count). The van der Waals surface area contributed by atoms with Crippen LogP contribution in [0.2, 0.25) is 0 Å². The lowest BCUT2D eigenvalue weighted by molar-refractivity contribution is 0.0929. The van der Waals surface area contributed by atoms with E-state index in [0.29, 0.717) is 11.7 Å². The van der Waals surface area contributed by atoms with Crippen molar-refractivity contribution in [3.8, 4) is 0 Å². The molecule has 6 nitrogen and oxygen atoms in total. The maximum Gasteiger partial charge on any atom is 0.255 e. The standard InChI is InChI=1S/C12H13FN4O2/c1-6-5-16-12(19-6)7(2)17-11(18)8-3-4-15-10(14)9(8)13/h3-5,7H,1-2H3,(H2,14,15)(H,17,18). The van der Waals surface area contributed by atoms with Crippen LogP contribution in [0.15, 0.2) is 22.9 Å². The van der Waals surface area contributed by atoms with E-state index in [0.717, 1.165) is 0 Å². The highest BCUT2D eigenvalue weighted by Crippen LogP contribution is 2.15. The molecule has 7 heteroatoms. The van der Waals surface area contributed by atoms with E-state index in [9.17, 15) is 9.18 Å². The third kappa shape index (κ3) is 2.70. The van der Waals surface area contributed by atoms with Crippen molar-refractivity contribution in [2.45, 2.75) is 19.9 Å².